The second-order valence-corrected chi connectivity index (χ2v) is 4.31. The van der Waals surface area contributed by atoms with E-state index in [1.807, 2.05) is 0 Å². The molecule has 3 nitrogen and oxygen atoms in total. The van der Waals surface area contributed by atoms with Gasteiger partial charge in [0.05, 0.1) is 12.2 Å². The Labute approximate surface area is 87.5 Å². The van der Waals surface area contributed by atoms with Crippen molar-refractivity contribution in [1.82, 2.24) is 5.32 Å². The van der Waals surface area contributed by atoms with E-state index in [0.717, 1.165) is 25.7 Å². The lowest BCUT2D eigenvalue weighted by atomic mass is 10.0. The molecule has 3 N–H and O–H groups in total. The Kier molecular flexibility index (Phi) is 7.15. The summed E-state index contributed by atoms with van der Waals surface area (Å²) in [5.74, 6) is 0. The fourth-order valence-corrected chi connectivity index (χ4v) is 1.47. The van der Waals surface area contributed by atoms with Crippen LogP contribution in [-0.2, 0) is 0 Å². The summed E-state index contributed by atoms with van der Waals surface area (Å²) in [6, 6.07) is 0.475. The molecule has 0 aromatic carbocycles. The zero-order valence-corrected chi connectivity index (χ0v) is 9.71. The summed E-state index contributed by atoms with van der Waals surface area (Å²) in [6.45, 7) is 6.25. The van der Waals surface area contributed by atoms with Crippen LogP contribution in [0.5, 0.6) is 0 Å². The van der Waals surface area contributed by atoms with Crippen LogP contribution in [0.25, 0.3) is 0 Å². The topological polar surface area (TPSA) is 52.5 Å². The second kappa shape index (κ2) is 7.21. The van der Waals surface area contributed by atoms with Gasteiger partial charge in [-0.05, 0) is 19.8 Å². The Balaban J connectivity index is 3.80. The van der Waals surface area contributed by atoms with Gasteiger partial charge < -0.3 is 15.5 Å². The van der Waals surface area contributed by atoms with Gasteiger partial charge >= 0.3 is 0 Å². The van der Waals surface area contributed by atoms with E-state index in [0.29, 0.717) is 12.6 Å². The largest absolute Gasteiger partial charge is 0.393 e. The van der Waals surface area contributed by atoms with Gasteiger partial charge in [0.1, 0.15) is 0 Å². The highest BCUT2D eigenvalue weighted by molar-refractivity contribution is 4.77. The van der Waals surface area contributed by atoms with Crippen LogP contribution >= 0.6 is 0 Å². The molecule has 14 heavy (non-hydrogen) atoms. The number of hydrogen-bond donors (Lipinski definition) is 3. The summed E-state index contributed by atoms with van der Waals surface area (Å²) in [5.41, 5.74) is -0.986. The molecule has 1 atom stereocenters. The van der Waals surface area contributed by atoms with Gasteiger partial charge in [0.2, 0.25) is 0 Å². The van der Waals surface area contributed by atoms with Crippen molar-refractivity contribution in [3.8, 4) is 0 Å². The van der Waals surface area contributed by atoms with Gasteiger partial charge in [-0.1, -0.05) is 26.7 Å². The van der Waals surface area contributed by atoms with Gasteiger partial charge in [0.15, 0.2) is 0 Å². The molecule has 0 heterocycles. The highest BCUT2D eigenvalue weighted by Crippen LogP contribution is 2.06. The molecule has 0 aliphatic rings. The first-order chi connectivity index (χ1) is 6.55. The predicted molar refractivity (Wildman–Crippen MR) is 59.3 cm³/mol. The molecule has 0 rings (SSSR count). The van der Waals surface area contributed by atoms with Crippen LogP contribution < -0.4 is 5.32 Å². The molecule has 0 amide bonds. The molecular formula is C11H25NO2. The average Bonchev–Trinajstić information content (AvgIpc) is 2.15. The van der Waals surface area contributed by atoms with Crippen LogP contribution in [0.4, 0.5) is 0 Å². The number of aliphatic hydroxyl groups is 2. The molecule has 86 valence electrons. The van der Waals surface area contributed by atoms with Crippen molar-refractivity contribution < 1.29 is 10.2 Å². The van der Waals surface area contributed by atoms with E-state index >= 15 is 0 Å². The minimum absolute atomic E-state index is 0.190. The SMILES string of the molecule is CCCC(CCC)NCC(C)(O)CO. The molecule has 0 saturated carbocycles. The van der Waals surface area contributed by atoms with Gasteiger partial charge in [0.25, 0.3) is 0 Å². The Morgan fingerprint density at radius 1 is 1.21 bits per heavy atom. The highest BCUT2D eigenvalue weighted by Gasteiger charge is 2.19. The zero-order chi connectivity index (χ0) is 11.0. The molecule has 0 aliphatic heterocycles. The van der Waals surface area contributed by atoms with Crippen LogP contribution in [0.1, 0.15) is 46.5 Å². The van der Waals surface area contributed by atoms with E-state index < -0.39 is 5.60 Å². The van der Waals surface area contributed by atoms with Gasteiger partial charge in [-0.25, -0.2) is 0 Å². The van der Waals surface area contributed by atoms with Gasteiger partial charge in [0, 0.05) is 12.6 Å². The number of rotatable bonds is 8. The summed E-state index contributed by atoms with van der Waals surface area (Å²) in [5, 5.41) is 21.8. The third kappa shape index (κ3) is 6.35. The molecule has 0 radical (unpaired) electrons. The van der Waals surface area contributed by atoms with Crippen molar-refractivity contribution in [2.75, 3.05) is 13.2 Å². The molecule has 0 fully saturated rings. The number of hydrogen-bond acceptors (Lipinski definition) is 3. The maximum absolute atomic E-state index is 9.60. The van der Waals surface area contributed by atoms with E-state index in [4.69, 9.17) is 5.11 Å². The third-order valence-corrected chi connectivity index (χ3v) is 2.39. The molecule has 1 unspecified atom stereocenters. The first-order valence-electron chi connectivity index (χ1n) is 5.62. The van der Waals surface area contributed by atoms with Crippen LogP contribution in [-0.4, -0.2) is 35.0 Å². The van der Waals surface area contributed by atoms with E-state index in [1.165, 1.54) is 0 Å². The van der Waals surface area contributed by atoms with Crippen LogP contribution in [0, 0.1) is 0 Å². The Hall–Kier alpha value is -0.120. The number of nitrogens with one attached hydrogen (secondary N) is 1. The fraction of sp³-hybridized carbons (Fsp3) is 1.00. The van der Waals surface area contributed by atoms with Crippen molar-refractivity contribution >= 4 is 0 Å². The van der Waals surface area contributed by atoms with E-state index in [1.54, 1.807) is 6.92 Å². The highest BCUT2D eigenvalue weighted by atomic mass is 16.3. The van der Waals surface area contributed by atoms with E-state index in [-0.39, 0.29) is 6.61 Å². The lowest BCUT2D eigenvalue weighted by Crippen LogP contribution is -2.44. The molecule has 0 spiro atoms. The molecular weight excluding hydrogens is 178 g/mol. The Morgan fingerprint density at radius 2 is 1.71 bits per heavy atom. The predicted octanol–water partition coefficient (Wildman–Crippen LogP) is 1.29. The zero-order valence-electron chi connectivity index (χ0n) is 9.71. The van der Waals surface area contributed by atoms with Crippen molar-refractivity contribution in [2.45, 2.75) is 58.1 Å². The minimum Gasteiger partial charge on any atom is -0.393 e. The van der Waals surface area contributed by atoms with Crippen molar-refractivity contribution in [3.63, 3.8) is 0 Å². The minimum atomic E-state index is -0.986. The average molecular weight is 203 g/mol. The van der Waals surface area contributed by atoms with E-state index in [9.17, 15) is 5.11 Å². The van der Waals surface area contributed by atoms with Crippen LogP contribution in [0.2, 0.25) is 0 Å². The molecule has 0 saturated heterocycles. The normalized spacial score (nSPS) is 15.9. The molecule has 3 heteroatoms. The smallest absolute Gasteiger partial charge is 0.0972 e. The lowest BCUT2D eigenvalue weighted by Gasteiger charge is -2.25. The van der Waals surface area contributed by atoms with Gasteiger partial charge in [-0.3, -0.25) is 0 Å². The van der Waals surface area contributed by atoms with Crippen LogP contribution in [0.3, 0.4) is 0 Å². The third-order valence-electron chi connectivity index (χ3n) is 2.39. The molecule has 0 aliphatic carbocycles. The monoisotopic (exact) mass is 203 g/mol. The lowest BCUT2D eigenvalue weighted by molar-refractivity contribution is 0.000328. The van der Waals surface area contributed by atoms with Crippen molar-refractivity contribution in [1.29, 1.82) is 0 Å². The Bertz CT molecular complexity index is 131. The summed E-state index contributed by atoms with van der Waals surface area (Å²) in [7, 11) is 0. The van der Waals surface area contributed by atoms with Crippen LogP contribution in [0.15, 0.2) is 0 Å². The Morgan fingerprint density at radius 3 is 2.07 bits per heavy atom. The first-order valence-corrected chi connectivity index (χ1v) is 5.62. The van der Waals surface area contributed by atoms with E-state index in [2.05, 4.69) is 19.2 Å². The van der Waals surface area contributed by atoms with Crippen molar-refractivity contribution in [2.24, 2.45) is 0 Å². The molecule has 0 aromatic rings. The standard InChI is InChI=1S/C11H25NO2/c1-4-6-10(7-5-2)12-8-11(3,14)9-13/h10,12-14H,4-9H2,1-3H3. The molecule has 0 bridgehead atoms. The maximum Gasteiger partial charge on any atom is 0.0972 e. The summed E-state index contributed by atoms with van der Waals surface area (Å²) >= 11 is 0. The van der Waals surface area contributed by atoms with Gasteiger partial charge in [-0.15, -0.1) is 0 Å². The summed E-state index contributed by atoms with van der Waals surface area (Å²) < 4.78 is 0. The van der Waals surface area contributed by atoms with Gasteiger partial charge in [-0.2, -0.15) is 0 Å². The second-order valence-electron chi connectivity index (χ2n) is 4.31. The fourth-order valence-electron chi connectivity index (χ4n) is 1.47. The first kappa shape index (κ1) is 13.9. The molecule has 0 aromatic heterocycles. The summed E-state index contributed by atoms with van der Waals surface area (Å²) in [6.07, 6.45) is 4.57. The summed E-state index contributed by atoms with van der Waals surface area (Å²) in [4.78, 5) is 0. The quantitative estimate of drug-likeness (QED) is 0.557. The van der Waals surface area contributed by atoms with Crippen molar-refractivity contribution in [3.05, 3.63) is 0 Å². The maximum atomic E-state index is 9.60. The number of aliphatic hydroxyl groups excluding tert-OH is 1.